The first-order chi connectivity index (χ1) is 8.70. The molecule has 0 fully saturated rings. The molecule has 0 aliphatic heterocycles. The van der Waals surface area contributed by atoms with Crippen LogP contribution in [0.1, 0.15) is 26.3 Å². The fraction of sp³-hybridized carbons (Fsp3) is 0.357. The molecule has 0 saturated heterocycles. The lowest BCUT2D eigenvalue weighted by molar-refractivity contribution is 0.0544. The highest BCUT2D eigenvalue weighted by atomic mass is 35.5. The first-order valence-electron chi connectivity index (χ1n) is 5.90. The molecule has 19 heavy (non-hydrogen) atoms. The van der Waals surface area contributed by atoms with Gasteiger partial charge in [0.05, 0.1) is 5.52 Å². The van der Waals surface area contributed by atoms with E-state index in [1.165, 1.54) is 10.6 Å². The van der Waals surface area contributed by atoms with E-state index in [-0.39, 0.29) is 5.02 Å². The molecular formula is C14H15ClFNO2. The van der Waals surface area contributed by atoms with Crippen LogP contribution in [0, 0.1) is 12.7 Å². The van der Waals surface area contributed by atoms with Gasteiger partial charge in [-0.25, -0.2) is 9.18 Å². The van der Waals surface area contributed by atoms with Gasteiger partial charge in [-0.2, -0.15) is 0 Å². The average Bonchev–Trinajstić information content (AvgIpc) is 2.60. The second kappa shape index (κ2) is 4.53. The third kappa shape index (κ3) is 2.59. The van der Waals surface area contributed by atoms with Crippen molar-refractivity contribution in [2.24, 2.45) is 0 Å². The Morgan fingerprint density at radius 2 is 2.00 bits per heavy atom. The summed E-state index contributed by atoms with van der Waals surface area (Å²) in [6.45, 7) is 7.14. The van der Waals surface area contributed by atoms with Gasteiger partial charge >= 0.3 is 6.09 Å². The van der Waals surface area contributed by atoms with Gasteiger partial charge in [0.15, 0.2) is 0 Å². The van der Waals surface area contributed by atoms with Crippen molar-refractivity contribution in [1.29, 1.82) is 0 Å². The zero-order chi connectivity index (χ0) is 14.4. The Bertz CT molecular complexity index is 655. The molecule has 0 saturated carbocycles. The fourth-order valence-electron chi connectivity index (χ4n) is 1.88. The Labute approximate surface area is 115 Å². The zero-order valence-electron chi connectivity index (χ0n) is 11.3. The molecule has 0 aliphatic rings. The molecule has 0 N–H and O–H groups in total. The maximum atomic E-state index is 13.5. The van der Waals surface area contributed by atoms with Gasteiger partial charge in [-0.15, -0.1) is 0 Å². The summed E-state index contributed by atoms with van der Waals surface area (Å²) in [4.78, 5) is 12.1. The van der Waals surface area contributed by atoms with Crippen molar-refractivity contribution in [3.63, 3.8) is 0 Å². The molecule has 5 heteroatoms. The Kier molecular flexibility index (Phi) is 3.31. The van der Waals surface area contributed by atoms with Crippen LogP contribution in [0.3, 0.4) is 0 Å². The zero-order valence-corrected chi connectivity index (χ0v) is 12.0. The molecule has 0 aliphatic carbocycles. The molecule has 0 atom stereocenters. The lowest BCUT2D eigenvalue weighted by atomic mass is 10.2. The molecule has 102 valence electrons. The number of ether oxygens (including phenoxy) is 1. The number of benzene rings is 1. The van der Waals surface area contributed by atoms with Crippen molar-refractivity contribution < 1.29 is 13.9 Å². The number of carbonyl (C=O) groups excluding carboxylic acids is 1. The van der Waals surface area contributed by atoms with Gasteiger partial charge in [-0.3, -0.25) is 4.57 Å². The molecule has 1 aromatic heterocycles. The highest BCUT2D eigenvalue weighted by molar-refractivity contribution is 6.35. The highest BCUT2D eigenvalue weighted by Gasteiger charge is 2.22. The minimum absolute atomic E-state index is 0.0727. The van der Waals surface area contributed by atoms with Gasteiger partial charge in [0.1, 0.15) is 16.4 Å². The maximum Gasteiger partial charge on any atom is 0.419 e. The third-order valence-corrected chi connectivity index (χ3v) is 3.01. The van der Waals surface area contributed by atoms with Crippen molar-refractivity contribution in [2.45, 2.75) is 33.3 Å². The number of rotatable bonds is 0. The van der Waals surface area contributed by atoms with Crippen LogP contribution >= 0.6 is 11.6 Å². The Morgan fingerprint density at radius 1 is 1.37 bits per heavy atom. The first-order valence-corrected chi connectivity index (χ1v) is 6.27. The molecule has 0 bridgehead atoms. The fourth-order valence-corrected chi connectivity index (χ4v) is 2.13. The number of aryl methyl sites for hydroxylation is 1. The standard InChI is InChI=1S/C14H15ClFNO2/c1-8-7-17(13(18)19-14(2,3)4)12-9(8)5-6-10(16)11(12)15/h5-7H,1-4H3. The molecule has 1 aromatic carbocycles. The molecule has 3 nitrogen and oxygen atoms in total. The van der Waals surface area contributed by atoms with Gasteiger partial charge in [-0.05, 0) is 45.4 Å². The normalized spacial score (nSPS) is 11.9. The molecule has 0 spiro atoms. The summed E-state index contributed by atoms with van der Waals surface area (Å²) in [5, 5.41) is 0.661. The maximum absolute atomic E-state index is 13.5. The molecule has 0 radical (unpaired) electrons. The Morgan fingerprint density at radius 3 is 2.58 bits per heavy atom. The summed E-state index contributed by atoms with van der Waals surface area (Å²) in [6, 6.07) is 2.89. The van der Waals surface area contributed by atoms with Crippen molar-refractivity contribution in [2.75, 3.05) is 0 Å². The second-order valence-corrected chi connectivity index (χ2v) is 5.80. The largest absolute Gasteiger partial charge is 0.443 e. The SMILES string of the molecule is Cc1cn(C(=O)OC(C)(C)C)c2c(Cl)c(F)ccc12. The highest BCUT2D eigenvalue weighted by Crippen LogP contribution is 2.30. The number of nitrogens with zero attached hydrogens (tertiary/aromatic N) is 1. The van der Waals surface area contributed by atoms with Gasteiger partial charge < -0.3 is 4.74 Å². The predicted molar refractivity (Wildman–Crippen MR) is 73.3 cm³/mol. The van der Waals surface area contributed by atoms with E-state index in [0.29, 0.717) is 5.52 Å². The van der Waals surface area contributed by atoms with E-state index < -0.39 is 17.5 Å². The summed E-state index contributed by atoms with van der Waals surface area (Å²) in [7, 11) is 0. The lowest BCUT2D eigenvalue weighted by Gasteiger charge is -2.20. The quantitative estimate of drug-likeness (QED) is 0.711. The van der Waals surface area contributed by atoms with Gasteiger partial charge in [-0.1, -0.05) is 11.6 Å². The van der Waals surface area contributed by atoms with Gasteiger partial charge in [0, 0.05) is 11.6 Å². The smallest absolute Gasteiger partial charge is 0.419 e. The predicted octanol–water partition coefficient (Wildman–Crippen LogP) is 4.53. The molecule has 0 amide bonds. The molecule has 0 unspecified atom stereocenters. The summed E-state index contributed by atoms with van der Waals surface area (Å²) >= 11 is 5.96. The number of hydrogen-bond donors (Lipinski definition) is 0. The molecule has 1 heterocycles. The number of fused-ring (bicyclic) bond motifs is 1. The third-order valence-electron chi connectivity index (χ3n) is 2.65. The molecule has 2 aromatic rings. The van der Waals surface area contributed by atoms with E-state index in [4.69, 9.17) is 16.3 Å². The van der Waals surface area contributed by atoms with Crippen molar-refractivity contribution in [3.05, 3.63) is 34.7 Å². The Balaban J connectivity index is 2.61. The van der Waals surface area contributed by atoms with Crippen LogP contribution in [-0.4, -0.2) is 16.3 Å². The van der Waals surface area contributed by atoms with Gasteiger partial charge in [0.25, 0.3) is 0 Å². The van der Waals surface area contributed by atoms with Crippen molar-refractivity contribution >= 4 is 28.6 Å². The second-order valence-electron chi connectivity index (χ2n) is 5.42. The van der Waals surface area contributed by atoms with E-state index in [2.05, 4.69) is 0 Å². The van der Waals surface area contributed by atoms with E-state index in [1.54, 1.807) is 33.0 Å². The van der Waals surface area contributed by atoms with E-state index in [9.17, 15) is 9.18 Å². The van der Waals surface area contributed by atoms with Crippen LogP contribution in [0.4, 0.5) is 9.18 Å². The summed E-state index contributed by atoms with van der Waals surface area (Å²) in [5.74, 6) is -0.558. The molecular weight excluding hydrogens is 269 g/mol. The monoisotopic (exact) mass is 283 g/mol. The van der Waals surface area contributed by atoms with Crippen LogP contribution in [0.5, 0.6) is 0 Å². The van der Waals surface area contributed by atoms with Crippen molar-refractivity contribution in [1.82, 2.24) is 4.57 Å². The summed E-state index contributed by atoms with van der Waals surface area (Å²) in [5.41, 5.74) is 0.553. The number of carbonyl (C=O) groups is 1. The van der Waals surface area contributed by atoms with Crippen LogP contribution in [0.25, 0.3) is 10.9 Å². The average molecular weight is 284 g/mol. The summed E-state index contributed by atoms with van der Waals surface area (Å²) < 4.78 is 20.1. The number of halogens is 2. The van der Waals surface area contributed by atoms with Crippen LogP contribution in [0.15, 0.2) is 18.3 Å². The van der Waals surface area contributed by atoms with Crippen LogP contribution in [-0.2, 0) is 4.74 Å². The van der Waals surface area contributed by atoms with Crippen LogP contribution < -0.4 is 0 Å². The topological polar surface area (TPSA) is 31.2 Å². The number of hydrogen-bond acceptors (Lipinski definition) is 2. The molecule has 2 rings (SSSR count). The van der Waals surface area contributed by atoms with E-state index in [0.717, 1.165) is 10.9 Å². The van der Waals surface area contributed by atoms with Crippen molar-refractivity contribution in [3.8, 4) is 0 Å². The number of aromatic nitrogens is 1. The van der Waals surface area contributed by atoms with E-state index in [1.807, 2.05) is 6.92 Å². The lowest BCUT2D eigenvalue weighted by Crippen LogP contribution is -2.26. The van der Waals surface area contributed by atoms with Gasteiger partial charge in [0.2, 0.25) is 0 Å². The van der Waals surface area contributed by atoms with Crippen LogP contribution in [0.2, 0.25) is 5.02 Å². The van der Waals surface area contributed by atoms with E-state index >= 15 is 0 Å². The Hall–Kier alpha value is -1.55. The minimum atomic E-state index is -0.624. The summed E-state index contributed by atoms with van der Waals surface area (Å²) in [6.07, 6.45) is 1.03. The first kappa shape index (κ1) is 13.9. The minimum Gasteiger partial charge on any atom is -0.443 e.